The highest BCUT2D eigenvalue weighted by atomic mass is 79.9. The van der Waals surface area contributed by atoms with E-state index in [1.807, 2.05) is 26.1 Å². The number of benzene rings is 1. The van der Waals surface area contributed by atoms with Crippen LogP contribution in [-0.2, 0) is 7.05 Å². The van der Waals surface area contributed by atoms with Gasteiger partial charge >= 0.3 is 0 Å². The number of halogens is 1. The SMILES string of the molecule is Cc1cc(Br)c2nc(N3CCC4(CC4)C3)n(C)c(=O)c2c1. The normalized spacial score (nSPS) is 19.7. The molecule has 1 aliphatic heterocycles. The quantitative estimate of drug-likeness (QED) is 0.795. The molecular formula is C16H18BrN3O. The van der Waals surface area contributed by atoms with Crippen molar-refractivity contribution in [1.29, 1.82) is 0 Å². The Kier molecular flexibility index (Phi) is 2.74. The van der Waals surface area contributed by atoms with Crippen LogP contribution in [0, 0.1) is 12.3 Å². The fourth-order valence-electron chi connectivity index (χ4n) is 3.43. The first-order valence-electron chi connectivity index (χ1n) is 7.41. The molecule has 1 aromatic carbocycles. The molecular weight excluding hydrogens is 330 g/mol. The molecule has 4 nitrogen and oxygen atoms in total. The summed E-state index contributed by atoms with van der Waals surface area (Å²) in [7, 11) is 1.83. The Balaban J connectivity index is 1.90. The first-order valence-corrected chi connectivity index (χ1v) is 8.20. The average molecular weight is 348 g/mol. The molecule has 2 aliphatic rings. The summed E-state index contributed by atoms with van der Waals surface area (Å²) in [4.78, 5) is 19.7. The largest absolute Gasteiger partial charge is 0.342 e. The third kappa shape index (κ3) is 2.01. The second-order valence-corrected chi connectivity index (χ2v) is 7.44. The number of aromatic nitrogens is 2. The lowest BCUT2D eigenvalue weighted by Gasteiger charge is -2.21. The van der Waals surface area contributed by atoms with E-state index in [9.17, 15) is 4.79 Å². The van der Waals surface area contributed by atoms with Gasteiger partial charge in [0.05, 0.1) is 10.9 Å². The summed E-state index contributed by atoms with van der Waals surface area (Å²) in [6.45, 7) is 4.05. The van der Waals surface area contributed by atoms with Crippen LogP contribution < -0.4 is 10.5 Å². The lowest BCUT2D eigenvalue weighted by atomic mass is 10.1. The zero-order valence-electron chi connectivity index (χ0n) is 12.3. The van der Waals surface area contributed by atoms with Gasteiger partial charge in [-0.15, -0.1) is 0 Å². The number of hydrogen-bond donors (Lipinski definition) is 0. The number of anilines is 1. The minimum absolute atomic E-state index is 0.0381. The van der Waals surface area contributed by atoms with Crippen LogP contribution in [0.2, 0.25) is 0 Å². The summed E-state index contributed by atoms with van der Waals surface area (Å²) in [6.07, 6.45) is 3.89. The number of aryl methyl sites for hydroxylation is 1. The van der Waals surface area contributed by atoms with Gasteiger partial charge in [0.2, 0.25) is 5.95 Å². The molecule has 2 fully saturated rings. The molecule has 1 spiro atoms. The van der Waals surface area contributed by atoms with Gasteiger partial charge in [0.1, 0.15) is 0 Å². The Morgan fingerprint density at radius 2 is 2.05 bits per heavy atom. The first-order chi connectivity index (χ1) is 9.99. The number of hydrogen-bond acceptors (Lipinski definition) is 3. The molecule has 1 aromatic heterocycles. The highest BCUT2D eigenvalue weighted by Crippen LogP contribution is 2.53. The van der Waals surface area contributed by atoms with Gasteiger partial charge in [-0.3, -0.25) is 9.36 Å². The predicted molar refractivity (Wildman–Crippen MR) is 87.9 cm³/mol. The lowest BCUT2D eigenvalue weighted by Crippen LogP contribution is -2.30. The summed E-state index contributed by atoms with van der Waals surface area (Å²) in [5, 5.41) is 0.688. The molecule has 0 bridgehead atoms. The van der Waals surface area contributed by atoms with Crippen LogP contribution in [0.15, 0.2) is 21.4 Å². The van der Waals surface area contributed by atoms with Crippen molar-refractivity contribution in [2.24, 2.45) is 12.5 Å². The molecule has 1 aliphatic carbocycles. The van der Waals surface area contributed by atoms with E-state index < -0.39 is 0 Å². The number of nitrogens with zero attached hydrogens (tertiary/aromatic N) is 3. The van der Waals surface area contributed by atoms with Crippen molar-refractivity contribution in [1.82, 2.24) is 9.55 Å². The van der Waals surface area contributed by atoms with Crippen LogP contribution in [0.1, 0.15) is 24.8 Å². The molecule has 5 heteroatoms. The third-order valence-corrected chi connectivity index (χ3v) is 5.54. The summed E-state index contributed by atoms with van der Waals surface area (Å²) in [6, 6.07) is 3.94. The van der Waals surface area contributed by atoms with Crippen molar-refractivity contribution in [3.8, 4) is 0 Å². The predicted octanol–water partition coefficient (Wildman–Crippen LogP) is 2.99. The van der Waals surface area contributed by atoms with Gasteiger partial charge in [-0.25, -0.2) is 4.98 Å². The van der Waals surface area contributed by atoms with E-state index in [2.05, 4.69) is 20.8 Å². The van der Waals surface area contributed by atoms with Crippen LogP contribution >= 0.6 is 15.9 Å². The van der Waals surface area contributed by atoms with Gasteiger partial charge in [0.25, 0.3) is 5.56 Å². The Labute approximate surface area is 131 Å². The fraction of sp³-hybridized carbons (Fsp3) is 0.500. The highest BCUT2D eigenvalue weighted by Gasteiger charge is 2.48. The van der Waals surface area contributed by atoms with Crippen LogP contribution in [0.4, 0.5) is 5.95 Å². The zero-order valence-corrected chi connectivity index (χ0v) is 13.9. The van der Waals surface area contributed by atoms with E-state index in [0.29, 0.717) is 10.8 Å². The average Bonchev–Trinajstić information content (AvgIpc) is 3.05. The smallest absolute Gasteiger partial charge is 0.262 e. The van der Waals surface area contributed by atoms with Crippen molar-refractivity contribution in [3.05, 3.63) is 32.5 Å². The third-order valence-electron chi connectivity index (χ3n) is 4.93. The molecule has 1 saturated heterocycles. The van der Waals surface area contributed by atoms with E-state index in [-0.39, 0.29) is 5.56 Å². The first kappa shape index (κ1) is 13.3. The van der Waals surface area contributed by atoms with Crippen molar-refractivity contribution >= 4 is 32.8 Å². The number of fused-ring (bicyclic) bond motifs is 1. The standard InChI is InChI=1S/C16H18BrN3O/c1-10-7-11-13(12(17)8-10)18-15(19(2)14(11)21)20-6-5-16(9-20)3-4-16/h7-8H,3-6,9H2,1-2H3. The molecule has 4 rings (SSSR count). The molecule has 0 N–H and O–H groups in total. The minimum Gasteiger partial charge on any atom is -0.342 e. The van der Waals surface area contributed by atoms with Crippen LogP contribution in [0.25, 0.3) is 10.9 Å². The molecule has 21 heavy (non-hydrogen) atoms. The van der Waals surface area contributed by atoms with Gasteiger partial charge in [0.15, 0.2) is 0 Å². The molecule has 1 saturated carbocycles. The van der Waals surface area contributed by atoms with Crippen molar-refractivity contribution in [3.63, 3.8) is 0 Å². The maximum Gasteiger partial charge on any atom is 0.262 e. The van der Waals surface area contributed by atoms with Crippen molar-refractivity contribution in [2.75, 3.05) is 18.0 Å². The van der Waals surface area contributed by atoms with Gasteiger partial charge in [-0.1, -0.05) is 0 Å². The fourth-order valence-corrected chi connectivity index (χ4v) is 4.09. The molecule has 110 valence electrons. The van der Waals surface area contributed by atoms with Gasteiger partial charge in [-0.2, -0.15) is 0 Å². The number of rotatable bonds is 1. The molecule has 0 radical (unpaired) electrons. The monoisotopic (exact) mass is 347 g/mol. The van der Waals surface area contributed by atoms with Gasteiger partial charge in [-0.05, 0) is 65.2 Å². The maximum absolute atomic E-state index is 12.7. The summed E-state index contributed by atoms with van der Waals surface area (Å²) in [5.41, 5.74) is 2.41. The summed E-state index contributed by atoms with van der Waals surface area (Å²) < 4.78 is 2.60. The Hall–Kier alpha value is -1.36. The lowest BCUT2D eigenvalue weighted by molar-refractivity contribution is 0.579. The Morgan fingerprint density at radius 1 is 1.29 bits per heavy atom. The molecule has 0 unspecified atom stereocenters. The van der Waals surface area contributed by atoms with E-state index >= 15 is 0 Å². The van der Waals surface area contributed by atoms with E-state index in [0.717, 1.165) is 34.6 Å². The molecule has 0 atom stereocenters. The van der Waals surface area contributed by atoms with E-state index in [1.54, 1.807) is 4.57 Å². The summed E-state index contributed by atoms with van der Waals surface area (Å²) in [5.74, 6) is 0.806. The second kappa shape index (κ2) is 4.32. The second-order valence-electron chi connectivity index (χ2n) is 6.59. The van der Waals surface area contributed by atoms with Gasteiger partial charge < -0.3 is 4.90 Å². The van der Waals surface area contributed by atoms with Crippen LogP contribution in [0.5, 0.6) is 0 Å². The molecule has 2 aromatic rings. The zero-order chi connectivity index (χ0) is 14.8. The topological polar surface area (TPSA) is 38.1 Å². The van der Waals surface area contributed by atoms with E-state index in [1.165, 1.54) is 19.3 Å². The molecule has 2 heterocycles. The molecule has 0 amide bonds. The van der Waals surface area contributed by atoms with Crippen molar-refractivity contribution in [2.45, 2.75) is 26.2 Å². The van der Waals surface area contributed by atoms with E-state index in [4.69, 9.17) is 4.98 Å². The Morgan fingerprint density at radius 3 is 2.71 bits per heavy atom. The summed E-state index contributed by atoms with van der Waals surface area (Å²) >= 11 is 3.55. The van der Waals surface area contributed by atoms with Crippen molar-refractivity contribution < 1.29 is 0 Å². The van der Waals surface area contributed by atoms with Gasteiger partial charge in [0, 0.05) is 24.6 Å². The highest BCUT2D eigenvalue weighted by molar-refractivity contribution is 9.10. The Bertz CT molecular complexity index is 807. The van der Waals surface area contributed by atoms with Crippen LogP contribution in [-0.4, -0.2) is 22.6 Å². The maximum atomic E-state index is 12.7. The minimum atomic E-state index is 0.0381. The van der Waals surface area contributed by atoms with Crippen LogP contribution in [0.3, 0.4) is 0 Å².